The second-order valence-electron chi connectivity index (χ2n) is 7.19. The predicted octanol–water partition coefficient (Wildman–Crippen LogP) is 3.39. The smallest absolute Gasteiger partial charge is 0.255 e. The van der Waals surface area contributed by atoms with E-state index in [1.165, 1.54) is 12.1 Å². The number of ether oxygens (including phenoxy) is 1. The first kappa shape index (κ1) is 18.7. The van der Waals surface area contributed by atoms with E-state index in [9.17, 15) is 14.0 Å². The molecule has 1 fully saturated rings. The Balaban J connectivity index is 1.62. The van der Waals surface area contributed by atoms with Gasteiger partial charge in [-0.25, -0.2) is 4.39 Å². The average molecular weight is 403 g/mol. The zero-order chi connectivity index (χ0) is 19.8. The molecule has 0 radical (unpaired) electrons. The van der Waals surface area contributed by atoms with Gasteiger partial charge in [0.1, 0.15) is 12.4 Å². The van der Waals surface area contributed by atoms with Crippen LogP contribution in [0.4, 0.5) is 4.39 Å². The van der Waals surface area contributed by atoms with Gasteiger partial charge in [-0.2, -0.15) is 0 Å². The van der Waals surface area contributed by atoms with Crippen LogP contribution in [0.15, 0.2) is 24.3 Å². The monoisotopic (exact) mass is 402 g/mol. The summed E-state index contributed by atoms with van der Waals surface area (Å²) in [5.74, 6) is -0.801. The van der Waals surface area contributed by atoms with Crippen LogP contribution in [0.5, 0.6) is 5.75 Å². The van der Waals surface area contributed by atoms with Crippen molar-refractivity contribution in [2.45, 2.75) is 32.2 Å². The van der Waals surface area contributed by atoms with E-state index in [1.807, 2.05) is 6.92 Å². The number of hydrogen-bond acceptors (Lipinski definition) is 3. The number of fused-ring (bicyclic) bond motifs is 1. The summed E-state index contributed by atoms with van der Waals surface area (Å²) in [6.07, 6.45) is 2.27. The molecule has 1 aliphatic heterocycles. The van der Waals surface area contributed by atoms with Crippen LogP contribution in [0, 0.1) is 12.7 Å². The van der Waals surface area contributed by atoms with Crippen LogP contribution in [0.3, 0.4) is 0 Å². The van der Waals surface area contributed by atoms with E-state index in [0.717, 1.165) is 24.0 Å². The van der Waals surface area contributed by atoms with Crippen molar-refractivity contribution in [1.82, 2.24) is 10.6 Å². The Labute approximate surface area is 167 Å². The van der Waals surface area contributed by atoms with Gasteiger partial charge in [-0.3, -0.25) is 9.59 Å². The standard InChI is InChI=1S/C21H20ClFN2O3/c1-11-13(10-16-19(18(11)22)28-7-6-24-20(16)26)8-12-2-5-15(17(23)9-12)21(27)25-14-3-4-14/h2,5,9-10,14H,3-4,6-8H2,1H3,(H,24,26)(H,25,27). The van der Waals surface area contributed by atoms with E-state index in [1.54, 1.807) is 12.1 Å². The first-order valence-corrected chi connectivity index (χ1v) is 9.64. The highest BCUT2D eigenvalue weighted by Gasteiger charge is 2.25. The third-order valence-electron chi connectivity index (χ3n) is 5.04. The molecule has 2 aromatic rings. The van der Waals surface area contributed by atoms with E-state index in [-0.39, 0.29) is 23.4 Å². The lowest BCUT2D eigenvalue weighted by atomic mass is 9.96. The summed E-state index contributed by atoms with van der Waals surface area (Å²) >= 11 is 6.44. The first-order valence-electron chi connectivity index (χ1n) is 9.26. The summed E-state index contributed by atoms with van der Waals surface area (Å²) in [6.45, 7) is 2.61. The maximum atomic E-state index is 14.5. The van der Waals surface area contributed by atoms with Crippen LogP contribution in [-0.4, -0.2) is 31.0 Å². The van der Waals surface area contributed by atoms with Crippen LogP contribution in [0.25, 0.3) is 0 Å². The second-order valence-corrected chi connectivity index (χ2v) is 7.57. The molecule has 0 bridgehead atoms. The minimum atomic E-state index is -0.560. The molecule has 2 N–H and O–H groups in total. The highest BCUT2D eigenvalue weighted by atomic mass is 35.5. The summed E-state index contributed by atoms with van der Waals surface area (Å²) < 4.78 is 20.1. The maximum Gasteiger partial charge on any atom is 0.255 e. The van der Waals surface area contributed by atoms with E-state index in [4.69, 9.17) is 16.3 Å². The fourth-order valence-corrected chi connectivity index (χ4v) is 3.52. The maximum absolute atomic E-state index is 14.5. The van der Waals surface area contributed by atoms with Crippen molar-refractivity contribution in [2.24, 2.45) is 0 Å². The van der Waals surface area contributed by atoms with Gasteiger partial charge in [0.25, 0.3) is 11.8 Å². The molecular formula is C21H20ClFN2O3. The van der Waals surface area contributed by atoms with Crippen molar-refractivity contribution in [3.05, 3.63) is 62.9 Å². The van der Waals surface area contributed by atoms with Gasteiger partial charge in [-0.15, -0.1) is 0 Å². The van der Waals surface area contributed by atoms with Crippen molar-refractivity contribution < 1.29 is 18.7 Å². The van der Waals surface area contributed by atoms with Crippen LogP contribution in [0.1, 0.15) is 50.2 Å². The molecule has 1 heterocycles. The van der Waals surface area contributed by atoms with Gasteiger partial charge >= 0.3 is 0 Å². The van der Waals surface area contributed by atoms with Crippen LogP contribution in [0.2, 0.25) is 5.02 Å². The van der Waals surface area contributed by atoms with Gasteiger partial charge < -0.3 is 15.4 Å². The summed E-state index contributed by atoms with van der Waals surface area (Å²) in [7, 11) is 0. The van der Waals surface area contributed by atoms with Gasteiger partial charge in [-0.05, 0) is 61.1 Å². The Kier molecular flexibility index (Phi) is 4.98. The molecular weight excluding hydrogens is 383 g/mol. The molecule has 4 rings (SSSR count). The van der Waals surface area contributed by atoms with Crippen molar-refractivity contribution in [3.8, 4) is 5.75 Å². The quantitative estimate of drug-likeness (QED) is 0.823. The van der Waals surface area contributed by atoms with Crippen molar-refractivity contribution in [2.75, 3.05) is 13.2 Å². The highest BCUT2D eigenvalue weighted by molar-refractivity contribution is 6.33. The van der Waals surface area contributed by atoms with Gasteiger partial charge in [0.15, 0.2) is 5.75 Å². The van der Waals surface area contributed by atoms with Crippen molar-refractivity contribution >= 4 is 23.4 Å². The molecule has 146 valence electrons. The number of carbonyl (C=O) groups excluding carboxylic acids is 2. The Morgan fingerprint density at radius 2 is 2.14 bits per heavy atom. The topological polar surface area (TPSA) is 67.4 Å². The lowest BCUT2D eigenvalue weighted by Crippen LogP contribution is -2.26. The summed E-state index contributed by atoms with van der Waals surface area (Å²) in [4.78, 5) is 24.4. The predicted molar refractivity (Wildman–Crippen MR) is 104 cm³/mol. The van der Waals surface area contributed by atoms with Gasteiger partial charge in [-0.1, -0.05) is 17.7 Å². The number of halogens is 2. The van der Waals surface area contributed by atoms with Gasteiger partial charge in [0, 0.05) is 6.04 Å². The van der Waals surface area contributed by atoms with Crippen LogP contribution < -0.4 is 15.4 Å². The van der Waals surface area contributed by atoms with E-state index in [0.29, 0.717) is 41.5 Å². The number of rotatable bonds is 4. The molecule has 1 aliphatic carbocycles. The zero-order valence-electron chi connectivity index (χ0n) is 15.4. The lowest BCUT2D eigenvalue weighted by molar-refractivity contribution is 0.0942. The molecule has 28 heavy (non-hydrogen) atoms. The molecule has 0 saturated heterocycles. The van der Waals surface area contributed by atoms with E-state index in [2.05, 4.69) is 10.6 Å². The summed E-state index contributed by atoms with van der Waals surface area (Å²) in [5.41, 5.74) is 2.70. The Hall–Kier alpha value is -2.60. The zero-order valence-corrected chi connectivity index (χ0v) is 16.2. The molecule has 2 amide bonds. The minimum Gasteiger partial charge on any atom is -0.489 e. The van der Waals surface area contributed by atoms with E-state index < -0.39 is 5.82 Å². The molecule has 5 nitrogen and oxygen atoms in total. The first-order chi connectivity index (χ1) is 13.4. The Bertz CT molecular complexity index is 973. The van der Waals surface area contributed by atoms with Crippen molar-refractivity contribution in [1.29, 1.82) is 0 Å². The third kappa shape index (κ3) is 3.69. The van der Waals surface area contributed by atoms with Crippen LogP contribution in [-0.2, 0) is 6.42 Å². The number of nitrogens with one attached hydrogen (secondary N) is 2. The Morgan fingerprint density at radius 3 is 2.86 bits per heavy atom. The molecule has 0 aromatic heterocycles. The second kappa shape index (κ2) is 7.43. The average Bonchev–Trinajstić information content (AvgIpc) is 3.48. The lowest BCUT2D eigenvalue weighted by Gasteiger charge is -2.15. The fraction of sp³-hybridized carbons (Fsp3) is 0.333. The van der Waals surface area contributed by atoms with Crippen molar-refractivity contribution in [3.63, 3.8) is 0 Å². The number of hydrogen-bond donors (Lipinski definition) is 2. The third-order valence-corrected chi connectivity index (χ3v) is 5.49. The molecule has 0 unspecified atom stereocenters. The normalized spacial score (nSPS) is 15.9. The highest BCUT2D eigenvalue weighted by Crippen LogP contribution is 2.36. The van der Waals surface area contributed by atoms with Gasteiger partial charge in [0.05, 0.1) is 22.7 Å². The number of benzene rings is 2. The molecule has 2 aromatic carbocycles. The van der Waals surface area contributed by atoms with E-state index >= 15 is 0 Å². The number of carbonyl (C=O) groups is 2. The number of amides is 2. The summed E-state index contributed by atoms with van der Waals surface area (Å²) in [6, 6.07) is 6.49. The summed E-state index contributed by atoms with van der Waals surface area (Å²) in [5, 5.41) is 5.94. The fourth-order valence-electron chi connectivity index (χ4n) is 3.25. The van der Waals surface area contributed by atoms with Gasteiger partial charge in [0.2, 0.25) is 0 Å². The molecule has 0 spiro atoms. The molecule has 0 atom stereocenters. The molecule has 7 heteroatoms. The Morgan fingerprint density at radius 1 is 1.36 bits per heavy atom. The molecule has 2 aliphatic rings. The SMILES string of the molecule is Cc1c(Cc2ccc(C(=O)NC3CC3)c(F)c2)cc2c(c1Cl)OCCNC2=O. The molecule has 1 saturated carbocycles. The largest absolute Gasteiger partial charge is 0.489 e. The van der Waals surface area contributed by atoms with Crippen LogP contribution >= 0.6 is 11.6 Å². The minimum absolute atomic E-state index is 0.0418.